The molecule has 2 aromatic rings. The summed E-state index contributed by atoms with van der Waals surface area (Å²) >= 11 is 1.42. The number of carbonyl (C=O) groups is 3. The van der Waals surface area contributed by atoms with Crippen LogP contribution in [0.2, 0.25) is 0 Å². The van der Waals surface area contributed by atoms with Gasteiger partial charge in [-0.05, 0) is 29.9 Å². The number of hydrogen-bond donors (Lipinski definition) is 1. The lowest BCUT2D eigenvalue weighted by Crippen LogP contribution is -2.53. The Bertz CT molecular complexity index is 928. The second-order valence-electron chi connectivity index (χ2n) is 8.36. The van der Waals surface area contributed by atoms with Gasteiger partial charge >= 0.3 is 0 Å². The van der Waals surface area contributed by atoms with E-state index in [0.29, 0.717) is 37.5 Å². The number of amides is 3. The zero-order chi connectivity index (χ0) is 22.5. The van der Waals surface area contributed by atoms with Crippen LogP contribution in [0.25, 0.3) is 0 Å². The Hall–Kier alpha value is -2.71. The quantitative estimate of drug-likeness (QED) is 0.723. The molecule has 2 aliphatic heterocycles. The molecule has 3 heterocycles. The summed E-state index contributed by atoms with van der Waals surface area (Å²) < 4.78 is 0. The van der Waals surface area contributed by atoms with Gasteiger partial charge in [0.1, 0.15) is 6.04 Å². The second-order valence-corrected chi connectivity index (χ2v) is 9.31. The lowest BCUT2D eigenvalue weighted by Gasteiger charge is -2.32. The van der Waals surface area contributed by atoms with Gasteiger partial charge in [-0.3, -0.25) is 14.4 Å². The molecule has 170 valence electrons. The SMILES string of the molecule is CC(=O)N1CC(N(CCc2ccccc2)C(=O)c2cccs2)CC1C(=O)N1CCNCC1. The summed E-state index contributed by atoms with van der Waals surface area (Å²) in [7, 11) is 0. The zero-order valence-corrected chi connectivity index (χ0v) is 19.2. The molecule has 2 aliphatic rings. The highest BCUT2D eigenvalue weighted by Gasteiger charge is 2.43. The number of likely N-dealkylation sites (tertiary alicyclic amines) is 1. The third-order valence-corrected chi connectivity index (χ3v) is 7.17. The first-order chi connectivity index (χ1) is 15.5. The number of benzene rings is 1. The summed E-state index contributed by atoms with van der Waals surface area (Å²) in [4.78, 5) is 45.2. The van der Waals surface area contributed by atoms with Gasteiger partial charge in [-0.15, -0.1) is 11.3 Å². The molecule has 3 amide bonds. The minimum Gasteiger partial charge on any atom is -0.338 e. The molecular weight excluding hydrogens is 424 g/mol. The third-order valence-electron chi connectivity index (χ3n) is 6.32. The van der Waals surface area contributed by atoms with Gasteiger partial charge in [0.2, 0.25) is 11.8 Å². The summed E-state index contributed by atoms with van der Waals surface area (Å²) in [6.07, 6.45) is 1.21. The van der Waals surface area contributed by atoms with Crippen LogP contribution in [0.3, 0.4) is 0 Å². The Morgan fingerprint density at radius 3 is 2.50 bits per heavy atom. The Morgan fingerprint density at radius 1 is 1.09 bits per heavy atom. The van der Waals surface area contributed by atoms with Crippen molar-refractivity contribution in [3.63, 3.8) is 0 Å². The maximum Gasteiger partial charge on any atom is 0.264 e. The highest BCUT2D eigenvalue weighted by molar-refractivity contribution is 7.12. The van der Waals surface area contributed by atoms with Crippen LogP contribution in [0, 0.1) is 0 Å². The topological polar surface area (TPSA) is 73.0 Å². The van der Waals surface area contributed by atoms with Crippen molar-refractivity contribution in [2.24, 2.45) is 0 Å². The van der Waals surface area contributed by atoms with E-state index in [-0.39, 0.29) is 23.8 Å². The van der Waals surface area contributed by atoms with Gasteiger partial charge in [-0.1, -0.05) is 36.4 Å². The van der Waals surface area contributed by atoms with E-state index in [2.05, 4.69) is 17.4 Å². The van der Waals surface area contributed by atoms with Crippen molar-refractivity contribution < 1.29 is 14.4 Å². The summed E-state index contributed by atoms with van der Waals surface area (Å²) in [5.41, 5.74) is 1.16. The van der Waals surface area contributed by atoms with E-state index >= 15 is 0 Å². The Morgan fingerprint density at radius 2 is 1.84 bits per heavy atom. The standard InChI is InChI=1S/C24H30N4O3S/c1-18(29)28-17-20(16-21(28)23(30)26-13-10-25-11-14-26)27(24(31)22-8-5-15-32-22)12-9-19-6-3-2-4-7-19/h2-8,15,20-21,25H,9-14,16-17H2,1H3. The van der Waals surface area contributed by atoms with Crippen molar-refractivity contribution in [2.45, 2.75) is 31.8 Å². The first-order valence-corrected chi connectivity index (χ1v) is 12.1. The monoisotopic (exact) mass is 454 g/mol. The van der Waals surface area contributed by atoms with Crippen LogP contribution in [0.15, 0.2) is 47.8 Å². The van der Waals surface area contributed by atoms with Crippen molar-refractivity contribution in [3.8, 4) is 0 Å². The lowest BCUT2D eigenvalue weighted by molar-refractivity contribution is -0.143. The van der Waals surface area contributed by atoms with Gasteiger partial charge in [-0.2, -0.15) is 0 Å². The molecule has 8 heteroatoms. The van der Waals surface area contributed by atoms with E-state index in [9.17, 15) is 14.4 Å². The third kappa shape index (κ3) is 5.02. The molecule has 2 fully saturated rings. The van der Waals surface area contributed by atoms with E-state index in [1.165, 1.54) is 18.3 Å². The first kappa shape index (κ1) is 22.5. The van der Waals surface area contributed by atoms with Crippen molar-refractivity contribution >= 4 is 29.1 Å². The summed E-state index contributed by atoms with van der Waals surface area (Å²) in [5, 5.41) is 5.16. The fraction of sp³-hybridized carbons (Fsp3) is 0.458. The van der Waals surface area contributed by atoms with E-state index in [4.69, 9.17) is 0 Å². The molecule has 7 nitrogen and oxygen atoms in total. The van der Waals surface area contributed by atoms with Gasteiger partial charge in [-0.25, -0.2) is 0 Å². The number of piperazine rings is 1. The molecule has 0 saturated carbocycles. The van der Waals surface area contributed by atoms with Crippen molar-refractivity contribution in [1.82, 2.24) is 20.0 Å². The normalized spacial score (nSPS) is 20.9. The molecule has 4 rings (SSSR count). The maximum atomic E-state index is 13.4. The first-order valence-electron chi connectivity index (χ1n) is 11.2. The van der Waals surface area contributed by atoms with Crippen LogP contribution in [-0.2, 0) is 16.0 Å². The molecular formula is C24H30N4O3S. The molecule has 2 atom stereocenters. The summed E-state index contributed by atoms with van der Waals surface area (Å²) in [6, 6.07) is 13.1. The fourth-order valence-corrected chi connectivity index (χ4v) is 5.28. The fourth-order valence-electron chi connectivity index (χ4n) is 4.60. The van der Waals surface area contributed by atoms with E-state index in [0.717, 1.165) is 25.1 Å². The van der Waals surface area contributed by atoms with E-state index in [1.807, 2.05) is 45.5 Å². The molecule has 32 heavy (non-hydrogen) atoms. The highest BCUT2D eigenvalue weighted by atomic mass is 32.1. The number of hydrogen-bond acceptors (Lipinski definition) is 5. The molecule has 0 spiro atoms. The van der Waals surface area contributed by atoms with Gasteiger partial charge in [0.05, 0.1) is 10.9 Å². The van der Waals surface area contributed by atoms with Gasteiger partial charge in [0, 0.05) is 46.2 Å². The molecule has 0 aliphatic carbocycles. The summed E-state index contributed by atoms with van der Waals surface area (Å²) in [5.74, 6) is -0.150. The van der Waals surface area contributed by atoms with Crippen molar-refractivity contribution in [2.75, 3.05) is 39.3 Å². The number of thiophene rings is 1. The van der Waals surface area contributed by atoms with Crippen LogP contribution in [-0.4, -0.2) is 83.8 Å². The minimum atomic E-state index is -0.508. The number of nitrogens with zero attached hydrogens (tertiary/aromatic N) is 3. The van der Waals surface area contributed by atoms with E-state index < -0.39 is 6.04 Å². The molecule has 1 aromatic heterocycles. The largest absolute Gasteiger partial charge is 0.338 e. The molecule has 2 unspecified atom stereocenters. The number of carbonyl (C=O) groups excluding carboxylic acids is 3. The predicted molar refractivity (Wildman–Crippen MR) is 125 cm³/mol. The smallest absolute Gasteiger partial charge is 0.264 e. The van der Waals surface area contributed by atoms with Crippen LogP contribution >= 0.6 is 11.3 Å². The number of nitrogens with one attached hydrogen (secondary N) is 1. The second kappa shape index (κ2) is 10.3. The van der Waals surface area contributed by atoms with Gasteiger partial charge in [0.25, 0.3) is 5.91 Å². The highest BCUT2D eigenvalue weighted by Crippen LogP contribution is 2.27. The Kier molecular flexibility index (Phi) is 7.22. The summed E-state index contributed by atoms with van der Waals surface area (Å²) in [6.45, 7) is 5.28. The molecule has 0 bridgehead atoms. The molecule has 0 radical (unpaired) electrons. The average Bonchev–Trinajstić information content (AvgIpc) is 3.51. The van der Waals surface area contributed by atoms with Crippen LogP contribution in [0.5, 0.6) is 0 Å². The van der Waals surface area contributed by atoms with Gasteiger partial charge in [0.15, 0.2) is 0 Å². The van der Waals surface area contributed by atoms with Gasteiger partial charge < -0.3 is 20.0 Å². The Labute approximate surface area is 193 Å². The molecule has 1 aromatic carbocycles. The lowest BCUT2D eigenvalue weighted by atomic mass is 10.1. The van der Waals surface area contributed by atoms with Crippen LogP contribution in [0.1, 0.15) is 28.6 Å². The molecule has 2 saturated heterocycles. The maximum absolute atomic E-state index is 13.4. The molecule has 1 N–H and O–H groups in total. The van der Waals surface area contributed by atoms with Crippen molar-refractivity contribution in [3.05, 3.63) is 58.3 Å². The minimum absolute atomic E-state index is 0.00391. The predicted octanol–water partition coefficient (Wildman–Crippen LogP) is 1.85. The average molecular weight is 455 g/mol. The van der Waals surface area contributed by atoms with Crippen LogP contribution in [0.4, 0.5) is 0 Å². The van der Waals surface area contributed by atoms with E-state index in [1.54, 1.807) is 4.90 Å². The Balaban J connectivity index is 1.54. The zero-order valence-electron chi connectivity index (χ0n) is 18.4. The van der Waals surface area contributed by atoms with Crippen molar-refractivity contribution in [1.29, 1.82) is 0 Å². The van der Waals surface area contributed by atoms with Crippen LogP contribution < -0.4 is 5.32 Å². The number of rotatable bonds is 6.